The van der Waals surface area contributed by atoms with E-state index in [1.165, 1.54) is 11.6 Å². The molecular formula is C21H28FN5. The molecule has 0 atom stereocenters. The molecular weight excluding hydrogens is 341 g/mol. The topological polar surface area (TPSA) is 56.9 Å². The molecule has 3 rings (SSSR count). The van der Waals surface area contributed by atoms with Crippen LogP contribution in [0.4, 0.5) is 15.8 Å². The largest absolute Gasteiger partial charge is 0.370 e. The average molecular weight is 369 g/mol. The van der Waals surface area contributed by atoms with Gasteiger partial charge in [0.25, 0.3) is 0 Å². The number of benzene rings is 2. The molecule has 2 aromatic rings. The third-order valence-corrected chi connectivity index (χ3v) is 4.77. The van der Waals surface area contributed by atoms with Crippen molar-refractivity contribution in [1.29, 1.82) is 0 Å². The second kappa shape index (κ2) is 9.37. The fourth-order valence-electron chi connectivity index (χ4n) is 3.32. The van der Waals surface area contributed by atoms with Crippen LogP contribution < -0.4 is 16.0 Å². The van der Waals surface area contributed by atoms with Crippen molar-refractivity contribution < 1.29 is 4.39 Å². The lowest BCUT2D eigenvalue weighted by atomic mass is 10.2. The molecule has 0 aromatic heterocycles. The number of aryl methyl sites for hydroxylation is 1. The number of hydrogen-bond acceptors (Lipinski definition) is 3. The zero-order valence-corrected chi connectivity index (χ0v) is 15.9. The monoisotopic (exact) mass is 369 g/mol. The summed E-state index contributed by atoms with van der Waals surface area (Å²) in [6.07, 6.45) is 0.954. The summed E-state index contributed by atoms with van der Waals surface area (Å²) in [7, 11) is 0. The van der Waals surface area contributed by atoms with Crippen LogP contribution in [-0.4, -0.2) is 50.1 Å². The van der Waals surface area contributed by atoms with Crippen LogP contribution >= 0.6 is 0 Å². The summed E-state index contributed by atoms with van der Waals surface area (Å²) in [6.45, 7) is 7.29. The molecule has 6 heteroatoms. The Hall–Kier alpha value is -2.60. The van der Waals surface area contributed by atoms with Crippen LogP contribution in [0.3, 0.4) is 0 Å². The number of nitrogens with zero attached hydrogens (tertiary/aromatic N) is 3. The number of nitrogens with one attached hydrogen (secondary N) is 1. The minimum Gasteiger partial charge on any atom is -0.370 e. The van der Waals surface area contributed by atoms with Gasteiger partial charge in [0.15, 0.2) is 5.96 Å². The number of halogens is 1. The van der Waals surface area contributed by atoms with Gasteiger partial charge < -0.3 is 16.0 Å². The van der Waals surface area contributed by atoms with E-state index in [1.54, 1.807) is 6.07 Å². The molecule has 0 amide bonds. The minimum absolute atomic E-state index is 0.142. The van der Waals surface area contributed by atoms with E-state index in [-0.39, 0.29) is 5.82 Å². The van der Waals surface area contributed by atoms with E-state index < -0.39 is 0 Å². The standard InChI is InChI=1S/C21H28FN5/c1-17-6-4-7-18(16-17)25-21(23)24-10-5-11-26-12-14-27(15-13-26)20-9-3-2-8-19(20)22/h2-4,6-9,16H,5,10-15H2,1H3,(H3,23,24,25). The zero-order chi connectivity index (χ0) is 19.1. The Morgan fingerprint density at radius 2 is 1.89 bits per heavy atom. The first-order valence-electron chi connectivity index (χ1n) is 9.47. The van der Waals surface area contributed by atoms with Crippen molar-refractivity contribution in [2.24, 2.45) is 10.7 Å². The summed E-state index contributed by atoms with van der Waals surface area (Å²) >= 11 is 0. The maximum absolute atomic E-state index is 13.9. The van der Waals surface area contributed by atoms with Gasteiger partial charge in [-0.05, 0) is 43.2 Å². The van der Waals surface area contributed by atoms with Gasteiger partial charge in [-0.25, -0.2) is 4.39 Å². The van der Waals surface area contributed by atoms with Crippen LogP contribution in [0.1, 0.15) is 12.0 Å². The lowest BCUT2D eigenvalue weighted by Gasteiger charge is -2.36. The molecule has 1 saturated heterocycles. The maximum atomic E-state index is 13.9. The molecule has 144 valence electrons. The molecule has 0 radical (unpaired) electrons. The van der Waals surface area contributed by atoms with Crippen LogP contribution in [0.2, 0.25) is 0 Å². The van der Waals surface area contributed by atoms with Crippen molar-refractivity contribution >= 4 is 17.3 Å². The molecule has 2 aromatic carbocycles. The third-order valence-electron chi connectivity index (χ3n) is 4.77. The number of aliphatic imine (C=N–C) groups is 1. The fourth-order valence-corrected chi connectivity index (χ4v) is 3.32. The highest BCUT2D eigenvalue weighted by Crippen LogP contribution is 2.20. The van der Waals surface area contributed by atoms with Gasteiger partial charge in [0.05, 0.1) is 5.69 Å². The van der Waals surface area contributed by atoms with Crippen LogP contribution in [0, 0.1) is 12.7 Å². The zero-order valence-electron chi connectivity index (χ0n) is 15.9. The van der Waals surface area contributed by atoms with Crippen LogP contribution in [0.25, 0.3) is 0 Å². The Labute approximate surface area is 160 Å². The molecule has 0 saturated carbocycles. The molecule has 1 fully saturated rings. The number of anilines is 2. The molecule has 27 heavy (non-hydrogen) atoms. The smallest absolute Gasteiger partial charge is 0.193 e. The molecule has 5 nitrogen and oxygen atoms in total. The summed E-state index contributed by atoms with van der Waals surface area (Å²) < 4.78 is 13.9. The fraction of sp³-hybridized carbons (Fsp3) is 0.381. The molecule has 3 N–H and O–H groups in total. The van der Waals surface area contributed by atoms with Gasteiger partial charge in [0.1, 0.15) is 5.82 Å². The second-order valence-electron chi connectivity index (χ2n) is 6.90. The quantitative estimate of drug-likeness (QED) is 0.467. The molecule has 1 aliphatic rings. The number of para-hydroxylation sites is 1. The molecule has 0 spiro atoms. The highest BCUT2D eigenvalue weighted by Gasteiger charge is 2.18. The minimum atomic E-state index is -0.142. The summed E-state index contributed by atoms with van der Waals surface area (Å²) in [6, 6.07) is 15.0. The number of rotatable bonds is 6. The normalized spacial score (nSPS) is 15.8. The lowest BCUT2D eigenvalue weighted by Crippen LogP contribution is -2.47. The molecule has 0 aliphatic carbocycles. The van der Waals surface area contributed by atoms with Crippen molar-refractivity contribution in [2.75, 3.05) is 49.5 Å². The number of nitrogens with two attached hydrogens (primary N) is 1. The van der Waals surface area contributed by atoms with E-state index >= 15 is 0 Å². The summed E-state index contributed by atoms with van der Waals surface area (Å²) in [5.74, 6) is 0.307. The predicted octanol–water partition coefficient (Wildman–Crippen LogP) is 3.07. The first kappa shape index (κ1) is 19.2. The first-order valence-corrected chi connectivity index (χ1v) is 9.47. The highest BCUT2D eigenvalue weighted by atomic mass is 19.1. The number of piperazine rings is 1. The van der Waals surface area contributed by atoms with Crippen molar-refractivity contribution in [1.82, 2.24) is 4.90 Å². The Kier molecular flexibility index (Phi) is 6.65. The number of hydrogen-bond donors (Lipinski definition) is 2. The Morgan fingerprint density at radius 3 is 2.63 bits per heavy atom. The van der Waals surface area contributed by atoms with Crippen molar-refractivity contribution in [2.45, 2.75) is 13.3 Å². The lowest BCUT2D eigenvalue weighted by molar-refractivity contribution is 0.256. The summed E-state index contributed by atoms with van der Waals surface area (Å²) in [4.78, 5) is 8.92. The van der Waals surface area contributed by atoms with Crippen molar-refractivity contribution in [3.8, 4) is 0 Å². The highest BCUT2D eigenvalue weighted by molar-refractivity contribution is 5.92. The molecule has 1 aliphatic heterocycles. The summed E-state index contributed by atoms with van der Waals surface area (Å²) in [5, 5.41) is 3.12. The maximum Gasteiger partial charge on any atom is 0.193 e. The molecule has 0 unspecified atom stereocenters. The van der Waals surface area contributed by atoms with Gasteiger partial charge in [-0.1, -0.05) is 24.3 Å². The van der Waals surface area contributed by atoms with Gasteiger partial charge in [0, 0.05) is 45.0 Å². The summed E-state index contributed by atoms with van der Waals surface area (Å²) in [5.41, 5.74) is 8.80. The van der Waals surface area contributed by atoms with Gasteiger partial charge in [0.2, 0.25) is 0 Å². The van der Waals surface area contributed by atoms with Crippen molar-refractivity contribution in [3.63, 3.8) is 0 Å². The van der Waals surface area contributed by atoms with E-state index in [0.717, 1.165) is 44.8 Å². The van der Waals surface area contributed by atoms with E-state index in [2.05, 4.69) is 20.1 Å². The first-order chi connectivity index (χ1) is 13.1. The van der Waals surface area contributed by atoms with Gasteiger partial charge in [-0.2, -0.15) is 0 Å². The van der Waals surface area contributed by atoms with Gasteiger partial charge >= 0.3 is 0 Å². The molecule has 1 heterocycles. The van der Waals surface area contributed by atoms with Crippen LogP contribution in [-0.2, 0) is 0 Å². The Balaban J connectivity index is 1.37. The van der Waals surface area contributed by atoms with E-state index in [0.29, 0.717) is 18.2 Å². The Morgan fingerprint density at radius 1 is 1.11 bits per heavy atom. The van der Waals surface area contributed by atoms with Crippen LogP contribution in [0.15, 0.2) is 53.5 Å². The van der Waals surface area contributed by atoms with E-state index in [4.69, 9.17) is 5.73 Å². The van der Waals surface area contributed by atoms with E-state index in [9.17, 15) is 4.39 Å². The van der Waals surface area contributed by atoms with Crippen molar-refractivity contribution in [3.05, 3.63) is 59.9 Å². The SMILES string of the molecule is Cc1cccc(NC(N)=NCCCN2CCN(c3ccccc3F)CC2)c1. The van der Waals surface area contributed by atoms with E-state index in [1.807, 2.05) is 43.3 Å². The second-order valence-corrected chi connectivity index (χ2v) is 6.90. The average Bonchev–Trinajstić information content (AvgIpc) is 2.66. The Bertz CT molecular complexity index is 769. The third kappa shape index (κ3) is 5.69. The van der Waals surface area contributed by atoms with Gasteiger partial charge in [-0.3, -0.25) is 9.89 Å². The van der Waals surface area contributed by atoms with Gasteiger partial charge in [-0.15, -0.1) is 0 Å². The van der Waals surface area contributed by atoms with Crippen LogP contribution in [0.5, 0.6) is 0 Å². The number of guanidine groups is 1. The molecule has 0 bridgehead atoms. The predicted molar refractivity (Wildman–Crippen MR) is 111 cm³/mol.